The Morgan fingerprint density at radius 1 is 1.67 bits per heavy atom. The van der Waals surface area contributed by atoms with Crippen molar-refractivity contribution in [3.63, 3.8) is 0 Å². The molecule has 0 aromatic carbocycles. The molecule has 0 saturated heterocycles. The van der Waals surface area contributed by atoms with Gasteiger partial charge in [0.1, 0.15) is 0 Å². The van der Waals surface area contributed by atoms with Gasteiger partial charge in [-0.2, -0.15) is 5.10 Å². The van der Waals surface area contributed by atoms with Crippen LogP contribution in [-0.4, -0.2) is 45.4 Å². The highest BCUT2D eigenvalue weighted by Gasteiger charge is 2.30. The van der Waals surface area contributed by atoms with E-state index in [1.54, 1.807) is 22.8 Å². The van der Waals surface area contributed by atoms with Crippen molar-refractivity contribution < 1.29 is 9.90 Å². The predicted octanol–water partition coefficient (Wildman–Crippen LogP) is 0.811. The van der Waals surface area contributed by atoms with Crippen molar-refractivity contribution in [3.05, 3.63) is 18.0 Å². The molecule has 1 N–H and O–H groups in total. The van der Waals surface area contributed by atoms with Crippen molar-refractivity contribution in [1.82, 2.24) is 14.7 Å². The molecule has 5 nitrogen and oxygen atoms in total. The van der Waals surface area contributed by atoms with Gasteiger partial charge in [-0.15, -0.1) is 0 Å². The number of hydrogen-bond donors (Lipinski definition) is 1. The van der Waals surface area contributed by atoms with Gasteiger partial charge >= 0.3 is 0 Å². The molecular formula is C13H21N3O2. The van der Waals surface area contributed by atoms with Gasteiger partial charge in [0.2, 0.25) is 5.91 Å². The third kappa shape index (κ3) is 3.57. The molecular weight excluding hydrogens is 230 g/mol. The van der Waals surface area contributed by atoms with E-state index >= 15 is 0 Å². The van der Waals surface area contributed by atoms with Gasteiger partial charge in [0, 0.05) is 32.8 Å². The molecule has 1 heterocycles. The summed E-state index contributed by atoms with van der Waals surface area (Å²) in [5, 5.41) is 13.9. The standard InChI is InChI=1S/C13H21N3O2/c1-10-7-14-16(8-10)6-5-13(18)15(2)9-12(17)11-3-4-11/h7-8,11-12,17H,3-6,9H2,1-2H3. The maximum absolute atomic E-state index is 11.9. The third-order valence-corrected chi connectivity index (χ3v) is 3.37. The van der Waals surface area contributed by atoms with Crippen molar-refractivity contribution in [2.24, 2.45) is 5.92 Å². The molecule has 1 aliphatic carbocycles. The fourth-order valence-corrected chi connectivity index (χ4v) is 2.00. The van der Waals surface area contributed by atoms with E-state index in [1.807, 2.05) is 13.1 Å². The molecule has 2 rings (SSSR count). The fourth-order valence-electron chi connectivity index (χ4n) is 2.00. The molecule has 0 aliphatic heterocycles. The van der Waals surface area contributed by atoms with Gasteiger partial charge in [-0.1, -0.05) is 0 Å². The Bertz CT molecular complexity index is 412. The summed E-state index contributed by atoms with van der Waals surface area (Å²) in [5.74, 6) is 0.469. The van der Waals surface area contributed by atoms with E-state index < -0.39 is 0 Å². The Hall–Kier alpha value is -1.36. The van der Waals surface area contributed by atoms with Crippen LogP contribution in [0.2, 0.25) is 0 Å². The Morgan fingerprint density at radius 2 is 2.39 bits per heavy atom. The zero-order valence-corrected chi connectivity index (χ0v) is 11.0. The molecule has 1 aromatic heterocycles. The van der Waals surface area contributed by atoms with Gasteiger partial charge in [-0.3, -0.25) is 9.48 Å². The summed E-state index contributed by atoms with van der Waals surface area (Å²) in [6.45, 7) is 3.02. The summed E-state index contributed by atoms with van der Waals surface area (Å²) >= 11 is 0. The van der Waals surface area contributed by atoms with Gasteiger partial charge in [-0.25, -0.2) is 0 Å². The quantitative estimate of drug-likeness (QED) is 0.814. The zero-order chi connectivity index (χ0) is 13.1. The van der Waals surface area contributed by atoms with Crippen molar-refractivity contribution in [3.8, 4) is 0 Å². The number of carbonyl (C=O) groups excluding carboxylic acids is 1. The van der Waals surface area contributed by atoms with Crippen molar-refractivity contribution in [2.45, 2.75) is 38.8 Å². The average molecular weight is 251 g/mol. The number of carbonyl (C=O) groups is 1. The van der Waals surface area contributed by atoms with E-state index in [0.29, 0.717) is 25.4 Å². The molecule has 1 aromatic rings. The maximum Gasteiger partial charge on any atom is 0.224 e. The van der Waals surface area contributed by atoms with Crippen molar-refractivity contribution >= 4 is 5.91 Å². The topological polar surface area (TPSA) is 58.4 Å². The molecule has 1 fully saturated rings. The largest absolute Gasteiger partial charge is 0.391 e. The van der Waals surface area contributed by atoms with Crippen molar-refractivity contribution in [2.75, 3.05) is 13.6 Å². The lowest BCUT2D eigenvalue weighted by molar-refractivity contribution is -0.131. The highest BCUT2D eigenvalue weighted by Crippen LogP contribution is 2.32. The molecule has 100 valence electrons. The molecule has 1 aliphatic rings. The Labute approximate surface area is 107 Å². The molecule has 0 bridgehead atoms. The molecule has 0 radical (unpaired) electrons. The molecule has 1 amide bonds. The van der Waals surface area contributed by atoms with Crippen LogP contribution in [0.1, 0.15) is 24.8 Å². The predicted molar refractivity (Wildman–Crippen MR) is 67.9 cm³/mol. The van der Waals surface area contributed by atoms with Gasteiger partial charge in [0.05, 0.1) is 12.3 Å². The Kier molecular flexibility index (Phi) is 4.01. The van der Waals surface area contributed by atoms with E-state index in [9.17, 15) is 9.90 Å². The summed E-state index contributed by atoms with van der Waals surface area (Å²) < 4.78 is 1.78. The number of aliphatic hydroxyl groups excluding tert-OH is 1. The minimum atomic E-state index is -0.356. The minimum absolute atomic E-state index is 0.0582. The average Bonchev–Trinajstić information content (AvgIpc) is 3.10. The van der Waals surface area contributed by atoms with E-state index in [4.69, 9.17) is 0 Å². The summed E-state index contributed by atoms with van der Waals surface area (Å²) in [6, 6.07) is 0. The first-order chi connectivity index (χ1) is 8.56. The third-order valence-electron chi connectivity index (χ3n) is 3.37. The number of aliphatic hydroxyl groups is 1. The lowest BCUT2D eigenvalue weighted by Crippen LogP contribution is -2.35. The molecule has 18 heavy (non-hydrogen) atoms. The number of aromatic nitrogens is 2. The molecule has 1 unspecified atom stereocenters. The molecule has 5 heteroatoms. The van der Waals surface area contributed by atoms with E-state index in [0.717, 1.165) is 18.4 Å². The molecule has 0 spiro atoms. The first-order valence-corrected chi connectivity index (χ1v) is 6.47. The van der Waals surface area contributed by atoms with Crippen LogP contribution in [0.15, 0.2) is 12.4 Å². The SMILES string of the molecule is Cc1cnn(CCC(=O)N(C)CC(O)C2CC2)c1. The highest BCUT2D eigenvalue weighted by atomic mass is 16.3. The van der Waals surface area contributed by atoms with Crippen LogP contribution in [0, 0.1) is 12.8 Å². The highest BCUT2D eigenvalue weighted by molar-refractivity contribution is 5.75. The Balaban J connectivity index is 1.73. The van der Waals surface area contributed by atoms with Crippen LogP contribution in [0.5, 0.6) is 0 Å². The van der Waals surface area contributed by atoms with Gasteiger partial charge in [-0.05, 0) is 31.2 Å². The fraction of sp³-hybridized carbons (Fsp3) is 0.692. The number of amides is 1. The van der Waals surface area contributed by atoms with Crippen LogP contribution in [-0.2, 0) is 11.3 Å². The first-order valence-electron chi connectivity index (χ1n) is 6.47. The number of aryl methyl sites for hydroxylation is 2. The maximum atomic E-state index is 11.9. The first kappa shape index (κ1) is 13.1. The second-order valence-electron chi connectivity index (χ2n) is 5.21. The Morgan fingerprint density at radius 3 is 2.94 bits per heavy atom. The van der Waals surface area contributed by atoms with Crippen LogP contribution < -0.4 is 0 Å². The van der Waals surface area contributed by atoms with Gasteiger partial charge < -0.3 is 10.0 Å². The summed E-state index contributed by atoms with van der Waals surface area (Å²) in [6.07, 6.45) is 5.96. The van der Waals surface area contributed by atoms with Crippen LogP contribution in [0.25, 0.3) is 0 Å². The summed E-state index contributed by atoms with van der Waals surface area (Å²) in [5.41, 5.74) is 1.10. The van der Waals surface area contributed by atoms with E-state index in [1.165, 1.54) is 0 Å². The van der Waals surface area contributed by atoms with Crippen molar-refractivity contribution in [1.29, 1.82) is 0 Å². The number of nitrogens with zero attached hydrogens (tertiary/aromatic N) is 3. The number of rotatable bonds is 6. The van der Waals surface area contributed by atoms with Crippen LogP contribution in [0.4, 0.5) is 0 Å². The lowest BCUT2D eigenvalue weighted by Gasteiger charge is -2.20. The van der Waals surface area contributed by atoms with E-state index in [-0.39, 0.29) is 12.0 Å². The minimum Gasteiger partial charge on any atom is -0.391 e. The second kappa shape index (κ2) is 5.52. The lowest BCUT2D eigenvalue weighted by atomic mass is 10.2. The smallest absolute Gasteiger partial charge is 0.224 e. The van der Waals surface area contributed by atoms with E-state index in [2.05, 4.69) is 5.10 Å². The number of likely N-dealkylation sites (N-methyl/N-ethyl adjacent to an activating group) is 1. The summed E-state index contributed by atoms with van der Waals surface area (Å²) in [7, 11) is 1.75. The van der Waals surface area contributed by atoms with Crippen LogP contribution in [0.3, 0.4) is 0 Å². The zero-order valence-electron chi connectivity index (χ0n) is 11.0. The monoisotopic (exact) mass is 251 g/mol. The van der Waals surface area contributed by atoms with Gasteiger partial charge in [0.15, 0.2) is 0 Å². The molecule has 1 saturated carbocycles. The molecule has 1 atom stereocenters. The summed E-state index contributed by atoms with van der Waals surface area (Å²) in [4.78, 5) is 13.5. The normalized spacial score (nSPS) is 16.6. The number of hydrogen-bond acceptors (Lipinski definition) is 3. The van der Waals surface area contributed by atoms with Gasteiger partial charge in [0.25, 0.3) is 0 Å². The second-order valence-corrected chi connectivity index (χ2v) is 5.21. The van der Waals surface area contributed by atoms with Crippen LogP contribution >= 0.6 is 0 Å².